The largest absolute Gasteiger partial charge is 0.478 e. The van der Waals surface area contributed by atoms with Crippen LogP contribution in [-0.4, -0.2) is 27.8 Å². The Balaban J connectivity index is 2.17. The number of imide groups is 1. The van der Waals surface area contributed by atoms with Crippen molar-refractivity contribution < 1.29 is 19.5 Å². The van der Waals surface area contributed by atoms with E-state index in [4.69, 9.17) is 5.11 Å². The number of aliphatic carboxylic acids is 1. The van der Waals surface area contributed by atoms with Crippen molar-refractivity contribution in [2.24, 2.45) is 5.92 Å². The zero-order chi connectivity index (χ0) is 15.6. The summed E-state index contributed by atoms with van der Waals surface area (Å²) in [6, 6.07) is 6.82. The summed E-state index contributed by atoms with van der Waals surface area (Å²) in [6.45, 7) is 3.57. The van der Waals surface area contributed by atoms with Crippen molar-refractivity contribution >= 4 is 23.9 Å². The molecule has 1 aromatic rings. The summed E-state index contributed by atoms with van der Waals surface area (Å²) >= 11 is 0. The van der Waals surface area contributed by atoms with Crippen molar-refractivity contribution in [3.63, 3.8) is 0 Å². The summed E-state index contributed by atoms with van der Waals surface area (Å²) in [6.07, 6.45) is 2.82. The molecule has 2 atom stereocenters. The fraction of sp³-hybridized carbons (Fsp3) is 0.312. The molecule has 0 aliphatic carbocycles. The van der Waals surface area contributed by atoms with E-state index < -0.39 is 5.97 Å². The van der Waals surface area contributed by atoms with Gasteiger partial charge in [0.15, 0.2) is 0 Å². The van der Waals surface area contributed by atoms with E-state index in [2.05, 4.69) is 0 Å². The number of rotatable bonds is 4. The lowest BCUT2D eigenvalue weighted by Gasteiger charge is -2.23. The number of carboxylic acid groups (broad SMARTS) is 1. The van der Waals surface area contributed by atoms with Crippen LogP contribution in [0.3, 0.4) is 0 Å². The Labute approximate surface area is 122 Å². The maximum atomic E-state index is 12.0. The zero-order valence-corrected chi connectivity index (χ0v) is 11.9. The molecule has 2 unspecified atom stereocenters. The van der Waals surface area contributed by atoms with Crippen LogP contribution < -0.4 is 0 Å². The molecule has 0 saturated carbocycles. The molecule has 1 fully saturated rings. The first-order chi connectivity index (χ1) is 9.90. The van der Waals surface area contributed by atoms with Gasteiger partial charge in [0, 0.05) is 18.4 Å². The SMILES string of the molecule is CC1CC(=O)N(C(C)c2ccc(C=CC(=O)O)cc2)C1=O. The third kappa shape index (κ3) is 3.18. The summed E-state index contributed by atoms with van der Waals surface area (Å²) in [5, 5.41) is 8.58. The molecule has 1 aliphatic heterocycles. The van der Waals surface area contributed by atoms with Crippen LogP contribution in [0, 0.1) is 5.92 Å². The minimum absolute atomic E-state index is 0.137. The van der Waals surface area contributed by atoms with E-state index in [1.165, 1.54) is 11.0 Å². The topological polar surface area (TPSA) is 74.7 Å². The molecular formula is C16H17NO4. The fourth-order valence-corrected chi connectivity index (χ4v) is 2.42. The van der Waals surface area contributed by atoms with Crippen molar-refractivity contribution in [3.8, 4) is 0 Å². The first-order valence-electron chi connectivity index (χ1n) is 6.77. The molecule has 2 amide bonds. The number of amides is 2. The Morgan fingerprint density at radius 1 is 1.33 bits per heavy atom. The molecule has 0 radical (unpaired) electrons. The number of carbonyl (C=O) groups excluding carboxylic acids is 2. The minimum Gasteiger partial charge on any atom is -0.478 e. The molecule has 1 aromatic carbocycles. The highest BCUT2D eigenvalue weighted by Crippen LogP contribution is 2.29. The average Bonchev–Trinajstić information content (AvgIpc) is 2.70. The average molecular weight is 287 g/mol. The van der Waals surface area contributed by atoms with Crippen LogP contribution in [0.1, 0.15) is 37.4 Å². The highest BCUT2D eigenvalue weighted by Gasteiger charge is 2.38. The van der Waals surface area contributed by atoms with Crippen LogP contribution in [0.15, 0.2) is 30.3 Å². The van der Waals surface area contributed by atoms with E-state index in [-0.39, 0.29) is 30.2 Å². The minimum atomic E-state index is -1.00. The summed E-state index contributed by atoms with van der Waals surface area (Å²) < 4.78 is 0. The molecule has 0 spiro atoms. The molecule has 1 heterocycles. The molecule has 1 saturated heterocycles. The van der Waals surface area contributed by atoms with E-state index >= 15 is 0 Å². The van der Waals surface area contributed by atoms with Gasteiger partial charge >= 0.3 is 5.97 Å². The Bertz CT molecular complexity index is 603. The second-order valence-corrected chi connectivity index (χ2v) is 5.22. The lowest BCUT2D eigenvalue weighted by Crippen LogP contribution is -2.33. The molecule has 110 valence electrons. The fourth-order valence-electron chi connectivity index (χ4n) is 2.42. The molecular weight excluding hydrogens is 270 g/mol. The normalized spacial score (nSPS) is 20.3. The lowest BCUT2D eigenvalue weighted by atomic mass is 10.0. The monoisotopic (exact) mass is 287 g/mol. The molecule has 5 heteroatoms. The third-order valence-electron chi connectivity index (χ3n) is 3.63. The summed E-state index contributed by atoms with van der Waals surface area (Å²) in [4.78, 5) is 35.7. The van der Waals surface area contributed by atoms with E-state index in [9.17, 15) is 14.4 Å². The van der Waals surface area contributed by atoms with Crippen molar-refractivity contribution in [2.75, 3.05) is 0 Å². The van der Waals surface area contributed by atoms with Gasteiger partial charge < -0.3 is 5.11 Å². The highest BCUT2D eigenvalue weighted by atomic mass is 16.4. The highest BCUT2D eigenvalue weighted by molar-refractivity contribution is 6.03. The second-order valence-electron chi connectivity index (χ2n) is 5.22. The Morgan fingerprint density at radius 3 is 2.43 bits per heavy atom. The van der Waals surface area contributed by atoms with Crippen molar-refractivity contribution in [2.45, 2.75) is 26.3 Å². The number of likely N-dealkylation sites (tertiary alicyclic amines) is 1. The molecule has 2 rings (SSSR count). The van der Waals surface area contributed by atoms with Crippen LogP contribution in [0.5, 0.6) is 0 Å². The number of benzene rings is 1. The van der Waals surface area contributed by atoms with Gasteiger partial charge in [0.2, 0.25) is 11.8 Å². The van der Waals surface area contributed by atoms with Crippen molar-refractivity contribution in [3.05, 3.63) is 41.5 Å². The van der Waals surface area contributed by atoms with Gasteiger partial charge in [-0.25, -0.2) is 4.79 Å². The van der Waals surface area contributed by atoms with Gasteiger partial charge in [-0.2, -0.15) is 0 Å². The Hall–Kier alpha value is -2.43. The quantitative estimate of drug-likeness (QED) is 0.680. The summed E-state index contributed by atoms with van der Waals surface area (Å²) in [5.41, 5.74) is 1.60. The third-order valence-corrected chi connectivity index (χ3v) is 3.63. The zero-order valence-electron chi connectivity index (χ0n) is 11.9. The second kappa shape index (κ2) is 5.91. The van der Waals surface area contributed by atoms with Gasteiger partial charge in [0.25, 0.3) is 0 Å². The van der Waals surface area contributed by atoms with E-state index in [1.807, 2.05) is 6.92 Å². The number of hydrogen-bond acceptors (Lipinski definition) is 3. The van der Waals surface area contributed by atoms with Gasteiger partial charge in [0.05, 0.1) is 6.04 Å². The molecule has 1 aliphatic rings. The maximum Gasteiger partial charge on any atom is 0.328 e. The van der Waals surface area contributed by atoms with Crippen LogP contribution in [-0.2, 0) is 14.4 Å². The van der Waals surface area contributed by atoms with Crippen molar-refractivity contribution in [1.82, 2.24) is 4.90 Å². The van der Waals surface area contributed by atoms with E-state index in [0.29, 0.717) is 0 Å². The molecule has 1 N–H and O–H groups in total. The van der Waals surface area contributed by atoms with Gasteiger partial charge in [-0.1, -0.05) is 31.2 Å². The summed E-state index contributed by atoms with van der Waals surface area (Å²) in [5.74, 6) is -1.54. The first kappa shape index (κ1) is 15.0. The van der Waals surface area contributed by atoms with Gasteiger partial charge in [-0.3, -0.25) is 14.5 Å². The first-order valence-corrected chi connectivity index (χ1v) is 6.77. The Morgan fingerprint density at radius 2 is 1.95 bits per heavy atom. The van der Waals surface area contributed by atoms with Gasteiger partial charge in [-0.15, -0.1) is 0 Å². The number of carboxylic acids is 1. The number of nitrogens with zero attached hydrogens (tertiary/aromatic N) is 1. The number of carbonyl (C=O) groups is 3. The standard InChI is InChI=1S/C16H17NO4/c1-10-9-14(18)17(16(10)21)11(2)13-6-3-12(4-7-13)5-8-15(19)20/h3-8,10-11H,9H2,1-2H3,(H,19,20). The molecule has 0 aromatic heterocycles. The lowest BCUT2D eigenvalue weighted by molar-refractivity contribution is -0.141. The number of hydrogen-bond donors (Lipinski definition) is 1. The van der Waals surface area contributed by atoms with Crippen LogP contribution >= 0.6 is 0 Å². The maximum absolute atomic E-state index is 12.0. The Kier molecular flexibility index (Phi) is 4.21. The predicted octanol–water partition coefficient (Wildman–Crippen LogP) is 2.24. The van der Waals surface area contributed by atoms with Crippen LogP contribution in [0.25, 0.3) is 6.08 Å². The van der Waals surface area contributed by atoms with Crippen molar-refractivity contribution in [1.29, 1.82) is 0 Å². The smallest absolute Gasteiger partial charge is 0.328 e. The van der Waals surface area contributed by atoms with E-state index in [1.54, 1.807) is 31.2 Å². The van der Waals surface area contributed by atoms with Gasteiger partial charge in [-0.05, 0) is 24.1 Å². The van der Waals surface area contributed by atoms with Crippen LogP contribution in [0.2, 0.25) is 0 Å². The van der Waals surface area contributed by atoms with Gasteiger partial charge in [0.1, 0.15) is 0 Å². The molecule has 21 heavy (non-hydrogen) atoms. The predicted molar refractivity (Wildman–Crippen MR) is 77.2 cm³/mol. The van der Waals surface area contributed by atoms with E-state index in [0.717, 1.165) is 17.2 Å². The van der Waals surface area contributed by atoms with Crippen LogP contribution in [0.4, 0.5) is 0 Å². The molecule has 0 bridgehead atoms. The summed E-state index contributed by atoms with van der Waals surface area (Å²) in [7, 11) is 0. The molecule has 5 nitrogen and oxygen atoms in total.